The average Bonchev–Trinajstić information content (AvgIpc) is 3.44. The Morgan fingerprint density at radius 3 is 2.35 bits per heavy atom. The Bertz CT molecular complexity index is 1440. The Kier molecular flexibility index (Phi) is 7.65. The second kappa shape index (κ2) is 11.2. The molecule has 0 aromatic heterocycles. The number of ether oxygens (including phenoxy) is 3. The molecule has 40 heavy (non-hydrogen) atoms. The van der Waals surface area contributed by atoms with Crippen LogP contribution in [0.2, 0.25) is 0 Å². The monoisotopic (exact) mass is 546 g/mol. The molecule has 0 saturated heterocycles. The summed E-state index contributed by atoms with van der Waals surface area (Å²) in [5.74, 6) is -0.280. The molecule has 0 amide bonds. The first kappa shape index (κ1) is 27.4. The Hall–Kier alpha value is -4.14. The third kappa shape index (κ3) is 5.08. The summed E-state index contributed by atoms with van der Waals surface area (Å²) >= 11 is 0. The number of aryl methyl sites for hydroxylation is 1. The van der Waals surface area contributed by atoms with E-state index in [1.54, 1.807) is 40.2 Å². The molecule has 0 radical (unpaired) electrons. The third-order valence-electron chi connectivity index (χ3n) is 8.27. The predicted molar refractivity (Wildman–Crippen MR) is 148 cm³/mol. The van der Waals surface area contributed by atoms with Gasteiger partial charge in [-0.05, 0) is 75.1 Å². The zero-order chi connectivity index (χ0) is 28.6. The van der Waals surface area contributed by atoms with Crippen molar-refractivity contribution in [3.8, 4) is 11.5 Å². The number of nitrogens with zero attached hydrogens (tertiary/aromatic N) is 1. The number of rotatable bonds is 7. The van der Waals surface area contributed by atoms with Crippen molar-refractivity contribution in [1.82, 2.24) is 5.32 Å². The maximum atomic E-state index is 13.9. The molecule has 1 fully saturated rings. The van der Waals surface area contributed by atoms with Crippen LogP contribution in [0.4, 0.5) is 5.69 Å². The second-order valence-corrected chi connectivity index (χ2v) is 10.7. The van der Waals surface area contributed by atoms with Crippen molar-refractivity contribution >= 4 is 17.4 Å². The Labute approximate surface area is 233 Å². The van der Waals surface area contributed by atoms with Crippen LogP contribution in [0.1, 0.15) is 74.0 Å². The van der Waals surface area contributed by atoms with E-state index in [1.165, 1.54) is 6.07 Å². The van der Waals surface area contributed by atoms with Crippen molar-refractivity contribution in [1.29, 1.82) is 0 Å². The van der Waals surface area contributed by atoms with E-state index in [4.69, 9.17) is 14.2 Å². The summed E-state index contributed by atoms with van der Waals surface area (Å²) in [5, 5.41) is 15.2. The van der Waals surface area contributed by atoms with E-state index in [9.17, 15) is 19.7 Å². The first-order valence-electron chi connectivity index (χ1n) is 13.6. The first-order valence-corrected chi connectivity index (χ1v) is 13.6. The quantitative estimate of drug-likeness (QED) is 0.264. The molecule has 0 unspecified atom stereocenters. The average molecular weight is 547 g/mol. The first-order chi connectivity index (χ1) is 19.2. The number of benzene rings is 2. The van der Waals surface area contributed by atoms with Crippen molar-refractivity contribution in [3.63, 3.8) is 0 Å². The van der Waals surface area contributed by atoms with Crippen LogP contribution < -0.4 is 14.8 Å². The Morgan fingerprint density at radius 2 is 1.68 bits per heavy atom. The maximum Gasteiger partial charge on any atom is 0.337 e. The number of carbonyl (C=O) groups excluding carboxylic acids is 2. The number of carbonyl (C=O) groups is 2. The highest BCUT2D eigenvalue weighted by atomic mass is 16.6. The summed E-state index contributed by atoms with van der Waals surface area (Å²) in [4.78, 5) is 38.9. The smallest absolute Gasteiger partial charge is 0.337 e. The lowest BCUT2D eigenvalue weighted by Crippen LogP contribution is -2.36. The van der Waals surface area contributed by atoms with Crippen molar-refractivity contribution in [3.05, 3.63) is 85.7 Å². The fourth-order valence-corrected chi connectivity index (χ4v) is 6.21. The highest BCUT2D eigenvalue weighted by Crippen LogP contribution is 2.47. The van der Waals surface area contributed by atoms with Gasteiger partial charge < -0.3 is 19.5 Å². The number of nitrogens with one attached hydrogen (secondary N) is 1. The van der Waals surface area contributed by atoms with Crippen LogP contribution in [-0.2, 0) is 14.3 Å². The fourth-order valence-electron chi connectivity index (χ4n) is 6.21. The number of ketones is 1. The van der Waals surface area contributed by atoms with Gasteiger partial charge in [0.25, 0.3) is 5.69 Å². The number of hydrogen-bond acceptors (Lipinski definition) is 8. The molecule has 0 spiro atoms. The summed E-state index contributed by atoms with van der Waals surface area (Å²) in [5.41, 5.74) is 4.05. The molecule has 3 aliphatic rings. The number of methoxy groups -OCH3 is 2. The van der Waals surface area contributed by atoms with E-state index in [0.717, 1.165) is 36.9 Å². The van der Waals surface area contributed by atoms with Gasteiger partial charge in [0.1, 0.15) is 6.10 Å². The van der Waals surface area contributed by atoms with Gasteiger partial charge in [-0.3, -0.25) is 14.9 Å². The van der Waals surface area contributed by atoms with Gasteiger partial charge in [-0.25, -0.2) is 4.79 Å². The van der Waals surface area contributed by atoms with E-state index in [0.29, 0.717) is 45.9 Å². The summed E-state index contributed by atoms with van der Waals surface area (Å²) < 4.78 is 16.7. The lowest BCUT2D eigenvalue weighted by Gasteiger charge is -2.37. The Balaban J connectivity index is 1.57. The number of esters is 1. The van der Waals surface area contributed by atoms with Crippen molar-refractivity contribution in [2.24, 2.45) is 0 Å². The minimum Gasteiger partial charge on any atom is -0.493 e. The summed E-state index contributed by atoms with van der Waals surface area (Å²) in [6, 6.07) is 10.6. The van der Waals surface area contributed by atoms with Crippen molar-refractivity contribution in [2.75, 3.05) is 14.2 Å². The van der Waals surface area contributed by atoms with E-state index in [2.05, 4.69) is 5.32 Å². The van der Waals surface area contributed by atoms with Crippen LogP contribution in [0.5, 0.6) is 11.5 Å². The molecule has 9 heteroatoms. The molecule has 210 valence electrons. The molecular formula is C31H34N2O7. The SMILES string of the molecule is COc1ccc([C@H]2CC(=O)C3=C(C2)NC(C)=C(C(=O)OC2CCCC2)[C@H]3c2ccc(C)c([N+](=O)[O-])c2)cc1OC. The molecule has 1 N–H and O–H groups in total. The zero-order valence-corrected chi connectivity index (χ0v) is 23.2. The lowest BCUT2D eigenvalue weighted by atomic mass is 9.71. The predicted octanol–water partition coefficient (Wildman–Crippen LogP) is 5.77. The van der Waals surface area contributed by atoms with E-state index < -0.39 is 16.8 Å². The minimum absolute atomic E-state index is 0.0502. The van der Waals surface area contributed by atoms with E-state index >= 15 is 0 Å². The highest BCUT2D eigenvalue weighted by molar-refractivity contribution is 6.04. The third-order valence-corrected chi connectivity index (χ3v) is 8.27. The second-order valence-electron chi connectivity index (χ2n) is 10.7. The van der Waals surface area contributed by atoms with Crippen LogP contribution in [0.15, 0.2) is 58.9 Å². The van der Waals surface area contributed by atoms with Gasteiger partial charge in [0.2, 0.25) is 0 Å². The van der Waals surface area contributed by atoms with Crippen molar-refractivity contribution < 1.29 is 28.7 Å². The zero-order valence-electron chi connectivity index (χ0n) is 23.2. The van der Waals surface area contributed by atoms with Crippen LogP contribution in [-0.4, -0.2) is 37.0 Å². The number of hydrogen-bond donors (Lipinski definition) is 1. The summed E-state index contributed by atoms with van der Waals surface area (Å²) in [6.07, 6.45) is 4.24. The molecular weight excluding hydrogens is 512 g/mol. The van der Waals surface area contributed by atoms with Gasteiger partial charge in [-0.2, -0.15) is 0 Å². The molecule has 2 aromatic carbocycles. The molecule has 1 saturated carbocycles. The molecule has 1 aliphatic heterocycles. The van der Waals surface area contributed by atoms with Gasteiger partial charge in [0.05, 0.1) is 24.7 Å². The van der Waals surface area contributed by atoms with Crippen molar-refractivity contribution in [2.45, 2.75) is 70.3 Å². The lowest BCUT2D eigenvalue weighted by molar-refractivity contribution is -0.385. The molecule has 5 rings (SSSR count). The van der Waals surface area contributed by atoms with Crippen LogP contribution in [0.3, 0.4) is 0 Å². The molecule has 2 aromatic rings. The highest BCUT2D eigenvalue weighted by Gasteiger charge is 2.42. The number of dihydropyridines is 1. The van der Waals surface area contributed by atoms with Crippen LogP contribution >= 0.6 is 0 Å². The molecule has 2 atom stereocenters. The summed E-state index contributed by atoms with van der Waals surface area (Å²) in [6.45, 7) is 3.47. The van der Waals surface area contributed by atoms with Gasteiger partial charge in [0, 0.05) is 40.9 Å². The van der Waals surface area contributed by atoms with Crippen LogP contribution in [0, 0.1) is 17.0 Å². The number of allylic oxidation sites excluding steroid dienone is 3. The molecule has 2 aliphatic carbocycles. The van der Waals surface area contributed by atoms with Crippen LogP contribution in [0.25, 0.3) is 0 Å². The number of nitro benzene ring substituents is 1. The number of Topliss-reactive ketones (excluding diaryl/α,β-unsaturated/α-hetero) is 1. The van der Waals surface area contributed by atoms with Gasteiger partial charge in [-0.1, -0.05) is 18.2 Å². The van der Waals surface area contributed by atoms with E-state index in [-0.39, 0.29) is 29.9 Å². The molecule has 0 bridgehead atoms. The minimum atomic E-state index is -0.761. The fraction of sp³-hybridized carbons (Fsp3) is 0.419. The molecule has 9 nitrogen and oxygen atoms in total. The Morgan fingerprint density at radius 1 is 0.975 bits per heavy atom. The van der Waals surface area contributed by atoms with E-state index in [1.807, 2.05) is 18.2 Å². The van der Waals surface area contributed by atoms with Gasteiger partial charge in [0.15, 0.2) is 17.3 Å². The topological polar surface area (TPSA) is 117 Å². The molecule has 1 heterocycles. The summed E-state index contributed by atoms with van der Waals surface area (Å²) in [7, 11) is 3.15. The van der Waals surface area contributed by atoms with Gasteiger partial charge in [-0.15, -0.1) is 0 Å². The van der Waals surface area contributed by atoms with Gasteiger partial charge >= 0.3 is 5.97 Å². The maximum absolute atomic E-state index is 13.9. The largest absolute Gasteiger partial charge is 0.493 e. The standard InChI is InChI=1S/C31H34N2O7/c1-17-9-10-20(14-24(17)33(36)37)29-28(31(35)40-22-7-5-6-8-22)18(2)32-23-13-21(15-25(34)30(23)29)19-11-12-26(38-3)27(16-19)39-4/h9-12,14,16,21-22,29,32H,5-8,13,15H2,1-4H3/t21-,29-/m1/s1. The number of nitro groups is 1. The normalized spacial score (nSPS) is 21.1.